The lowest BCUT2D eigenvalue weighted by molar-refractivity contribution is -0.131. The molecule has 0 aliphatic heterocycles. The van der Waals surface area contributed by atoms with E-state index in [-0.39, 0.29) is 5.41 Å². The predicted octanol–water partition coefficient (Wildman–Crippen LogP) is 1.94. The largest absolute Gasteiger partial charge is 0.390 e. The fourth-order valence-electron chi connectivity index (χ4n) is 1.05. The summed E-state index contributed by atoms with van der Waals surface area (Å²) < 4.78 is 0. The maximum atomic E-state index is 10.0. The molecule has 0 aliphatic rings. The second-order valence-corrected chi connectivity index (χ2v) is 4.70. The van der Waals surface area contributed by atoms with Crippen LogP contribution >= 0.6 is 0 Å². The summed E-state index contributed by atoms with van der Waals surface area (Å²) in [6, 6.07) is 0. The number of hydrogen-bond donors (Lipinski definition) is 2. The summed E-state index contributed by atoms with van der Waals surface area (Å²) in [4.78, 5) is 0. The molecule has 0 saturated carbocycles. The Morgan fingerprint density at radius 3 is 1.83 bits per heavy atom. The quantitative estimate of drug-likeness (QED) is 0.686. The molecule has 0 aliphatic carbocycles. The Bertz CT molecular complexity index is 133. The third-order valence-electron chi connectivity index (χ3n) is 2.73. The number of rotatable bonds is 3. The van der Waals surface area contributed by atoms with Crippen LogP contribution in [0.1, 0.15) is 47.5 Å². The number of aliphatic hydroxyl groups excluding tert-OH is 1. The zero-order chi connectivity index (χ0) is 9.99. The Balaban J connectivity index is 4.38. The van der Waals surface area contributed by atoms with Crippen LogP contribution in [0.15, 0.2) is 0 Å². The highest BCUT2D eigenvalue weighted by Crippen LogP contribution is 2.34. The molecule has 2 heteroatoms. The molecule has 0 bridgehead atoms. The van der Waals surface area contributed by atoms with E-state index in [1.165, 1.54) is 0 Å². The van der Waals surface area contributed by atoms with E-state index < -0.39 is 11.7 Å². The van der Waals surface area contributed by atoms with Crippen LogP contribution in [0.2, 0.25) is 0 Å². The smallest absolute Gasteiger partial charge is 0.0925 e. The maximum Gasteiger partial charge on any atom is 0.0925 e. The number of aliphatic hydroxyl groups is 2. The van der Waals surface area contributed by atoms with E-state index in [1.807, 2.05) is 27.7 Å². The van der Waals surface area contributed by atoms with Crippen molar-refractivity contribution in [2.45, 2.75) is 59.2 Å². The van der Waals surface area contributed by atoms with Gasteiger partial charge in [-0.05, 0) is 18.8 Å². The second-order valence-electron chi connectivity index (χ2n) is 4.70. The van der Waals surface area contributed by atoms with Crippen LogP contribution in [0, 0.1) is 5.41 Å². The van der Waals surface area contributed by atoms with Crippen LogP contribution in [0.25, 0.3) is 0 Å². The molecule has 0 aromatic rings. The Hall–Kier alpha value is -0.0800. The van der Waals surface area contributed by atoms with Crippen molar-refractivity contribution in [3.05, 3.63) is 0 Å². The summed E-state index contributed by atoms with van der Waals surface area (Å²) in [6.45, 7) is 9.51. The van der Waals surface area contributed by atoms with Crippen molar-refractivity contribution < 1.29 is 10.2 Å². The first-order valence-corrected chi connectivity index (χ1v) is 4.64. The second kappa shape index (κ2) is 3.75. The SMILES string of the molecule is CCCC(O)C(C)(O)C(C)(C)C. The fourth-order valence-corrected chi connectivity index (χ4v) is 1.05. The lowest BCUT2D eigenvalue weighted by Crippen LogP contribution is -2.49. The Labute approximate surface area is 75.6 Å². The predicted molar refractivity (Wildman–Crippen MR) is 51.0 cm³/mol. The van der Waals surface area contributed by atoms with Gasteiger partial charge in [-0.3, -0.25) is 0 Å². The van der Waals surface area contributed by atoms with Crippen molar-refractivity contribution in [3.63, 3.8) is 0 Å². The van der Waals surface area contributed by atoms with Gasteiger partial charge in [-0.25, -0.2) is 0 Å². The molecule has 0 heterocycles. The first kappa shape index (κ1) is 11.9. The molecule has 0 saturated heterocycles. The van der Waals surface area contributed by atoms with Crippen LogP contribution in [0.3, 0.4) is 0 Å². The van der Waals surface area contributed by atoms with Crippen LogP contribution in [-0.4, -0.2) is 21.9 Å². The topological polar surface area (TPSA) is 40.5 Å². The zero-order valence-electron chi connectivity index (χ0n) is 8.89. The molecule has 0 amide bonds. The maximum absolute atomic E-state index is 10.0. The Kier molecular flexibility index (Phi) is 3.73. The van der Waals surface area contributed by atoms with Gasteiger partial charge in [-0.15, -0.1) is 0 Å². The first-order chi connectivity index (χ1) is 5.23. The molecule has 0 aromatic carbocycles. The van der Waals surface area contributed by atoms with Gasteiger partial charge in [0.15, 0.2) is 0 Å². The van der Waals surface area contributed by atoms with Gasteiger partial charge < -0.3 is 10.2 Å². The van der Waals surface area contributed by atoms with Crippen molar-refractivity contribution in [2.75, 3.05) is 0 Å². The van der Waals surface area contributed by atoms with Gasteiger partial charge >= 0.3 is 0 Å². The lowest BCUT2D eigenvalue weighted by Gasteiger charge is -2.40. The minimum Gasteiger partial charge on any atom is -0.390 e. The summed E-state index contributed by atoms with van der Waals surface area (Å²) in [6.07, 6.45) is 0.931. The van der Waals surface area contributed by atoms with Crippen LogP contribution in [0.5, 0.6) is 0 Å². The molecule has 12 heavy (non-hydrogen) atoms. The highest BCUT2D eigenvalue weighted by molar-refractivity contribution is 4.92. The molecule has 2 atom stereocenters. The zero-order valence-corrected chi connectivity index (χ0v) is 8.89. The minimum atomic E-state index is -0.997. The van der Waals surface area contributed by atoms with Crippen molar-refractivity contribution in [3.8, 4) is 0 Å². The number of hydrogen-bond acceptors (Lipinski definition) is 2. The third kappa shape index (κ3) is 2.46. The van der Waals surface area contributed by atoms with Crippen molar-refractivity contribution in [1.29, 1.82) is 0 Å². The van der Waals surface area contributed by atoms with Gasteiger partial charge in [0.05, 0.1) is 11.7 Å². The van der Waals surface area contributed by atoms with Crippen molar-refractivity contribution >= 4 is 0 Å². The average molecular weight is 174 g/mol. The van der Waals surface area contributed by atoms with E-state index in [0.717, 1.165) is 6.42 Å². The van der Waals surface area contributed by atoms with Crippen LogP contribution in [-0.2, 0) is 0 Å². The molecule has 74 valence electrons. The third-order valence-corrected chi connectivity index (χ3v) is 2.73. The van der Waals surface area contributed by atoms with E-state index in [2.05, 4.69) is 0 Å². The Morgan fingerprint density at radius 2 is 1.58 bits per heavy atom. The van der Waals surface area contributed by atoms with Gasteiger partial charge in [0, 0.05) is 0 Å². The fraction of sp³-hybridized carbons (Fsp3) is 1.00. The van der Waals surface area contributed by atoms with Gasteiger partial charge in [0.25, 0.3) is 0 Å². The standard InChI is InChI=1S/C10H22O2/c1-6-7-8(11)10(5,12)9(2,3)4/h8,11-12H,6-7H2,1-5H3. The molecule has 2 unspecified atom stereocenters. The van der Waals surface area contributed by atoms with Gasteiger partial charge in [0.1, 0.15) is 0 Å². The lowest BCUT2D eigenvalue weighted by atomic mass is 9.73. The van der Waals surface area contributed by atoms with E-state index >= 15 is 0 Å². The van der Waals surface area contributed by atoms with E-state index in [1.54, 1.807) is 6.92 Å². The van der Waals surface area contributed by atoms with Gasteiger partial charge in [0.2, 0.25) is 0 Å². The molecule has 0 radical (unpaired) electrons. The summed E-state index contributed by atoms with van der Waals surface area (Å²) in [7, 11) is 0. The summed E-state index contributed by atoms with van der Waals surface area (Å²) >= 11 is 0. The van der Waals surface area contributed by atoms with E-state index in [0.29, 0.717) is 6.42 Å². The van der Waals surface area contributed by atoms with Crippen LogP contribution < -0.4 is 0 Å². The van der Waals surface area contributed by atoms with E-state index in [4.69, 9.17) is 0 Å². The molecule has 0 spiro atoms. The average Bonchev–Trinajstić information content (AvgIpc) is 1.85. The summed E-state index contributed by atoms with van der Waals surface area (Å²) in [5.41, 5.74) is -1.27. The molecule has 2 N–H and O–H groups in total. The highest BCUT2D eigenvalue weighted by Gasteiger charge is 2.40. The summed E-state index contributed by atoms with van der Waals surface area (Å²) in [5.74, 6) is 0. The molecule has 0 rings (SSSR count). The highest BCUT2D eigenvalue weighted by atomic mass is 16.3. The molecule has 0 aromatic heterocycles. The normalized spacial score (nSPS) is 20.2. The van der Waals surface area contributed by atoms with Gasteiger partial charge in [-0.2, -0.15) is 0 Å². The van der Waals surface area contributed by atoms with Gasteiger partial charge in [-0.1, -0.05) is 34.1 Å². The molecule has 2 nitrogen and oxygen atoms in total. The molecular weight excluding hydrogens is 152 g/mol. The molecule has 0 fully saturated rings. The monoisotopic (exact) mass is 174 g/mol. The van der Waals surface area contributed by atoms with Crippen molar-refractivity contribution in [1.82, 2.24) is 0 Å². The first-order valence-electron chi connectivity index (χ1n) is 4.64. The van der Waals surface area contributed by atoms with E-state index in [9.17, 15) is 10.2 Å². The minimum absolute atomic E-state index is 0.276. The molecular formula is C10H22O2. The van der Waals surface area contributed by atoms with Crippen LogP contribution in [0.4, 0.5) is 0 Å². The Morgan fingerprint density at radius 1 is 1.17 bits per heavy atom. The van der Waals surface area contributed by atoms with Crippen molar-refractivity contribution in [2.24, 2.45) is 5.41 Å². The summed E-state index contributed by atoms with van der Waals surface area (Å²) in [5, 5.41) is 19.7.